The second kappa shape index (κ2) is 7.69. The van der Waals surface area contributed by atoms with Gasteiger partial charge in [0.15, 0.2) is 5.69 Å². The van der Waals surface area contributed by atoms with E-state index < -0.39 is 5.97 Å². The van der Waals surface area contributed by atoms with E-state index in [1.54, 1.807) is 6.07 Å². The Morgan fingerprint density at radius 1 is 1.50 bits per heavy atom. The Balaban J connectivity index is 2.51. The van der Waals surface area contributed by atoms with Crippen molar-refractivity contribution in [3.63, 3.8) is 0 Å². The number of aromatic carboxylic acids is 1. The van der Waals surface area contributed by atoms with Crippen molar-refractivity contribution in [2.24, 2.45) is 5.92 Å². The van der Waals surface area contributed by atoms with Gasteiger partial charge in [0, 0.05) is 12.3 Å². The van der Waals surface area contributed by atoms with Crippen LogP contribution in [0.5, 0.6) is 5.75 Å². The van der Waals surface area contributed by atoms with Crippen molar-refractivity contribution >= 4 is 5.97 Å². The number of rotatable bonds is 8. The Labute approximate surface area is 108 Å². The number of carboxylic acids is 1. The molecule has 0 aliphatic rings. The Hall–Kier alpha value is -1.58. The number of hydrogen-bond donors (Lipinski definition) is 1. The van der Waals surface area contributed by atoms with Crippen molar-refractivity contribution < 1.29 is 14.6 Å². The van der Waals surface area contributed by atoms with Crippen LogP contribution < -0.4 is 4.74 Å². The number of pyridine rings is 1. The van der Waals surface area contributed by atoms with Gasteiger partial charge in [-0.25, -0.2) is 9.78 Å². The molecule has 4 nitrogen and oxygen atoms in total. The van der Waals surface area contributed by atoms with E-state index in [-0.39, 0.29) is 5.69 Å². The van der Waals surface area contributed by atoms with Crippen molar-refractivity contribution in [1.82, 2.24) is 4.98 Å². The number of carbonyl (C=O) groups is 1. The predicted molar refractivity (Wildman–Crippen MR) is 70.0 cm³/mol. The van der Waals surface area contributed by atoms with Crippen LogP contribution >= 0.6 is 0 Å². The van der Waals surface area contributed by atoms with Crippen LogP contribution in [0, 0.1) is 5.92 Å². The number of aromatic nitrogens is 1. The first kappa shape index (κ1) is 14.5. The van der Waals surface area contributed by atoms with E-state index >= 15 is 0 Å². The van der Waals surface area contributed by atoms with E-state index in [1.165, 1.54) is 25.1 Å². The average molecular weight is 251 g/mol. The van der Waals surface area contributed by atoms with Crippen LogP contribution in [0.2, 0.25) is 0 Å². The van der Waals surface area contributed by atoms with E-state index in [4.69, 9.17) is 9.84 Å². The largest absolute Gasteiger partial charge is 0.493 e. The third-order valence-corrected chi connectivity index (χ3v) is 2.98. The summed E-state index contributed by atoms with van der Waals surface area (Å²) in [7, 11) is 0. The fraction of sp³-hybridized carbons (Fsp3) is 0.571. The highest BCUT2D eigenvalue weighted by Crippen LogP contribution is 2.16. The quantitative estimate of drug-likeness (QED) is 0.769. The van der Waals surface area contributed by atoms with Crippen molar-refractivity contribution in [2.45, 2.75) is 39.5 Å². The van der Waals surface area contributed by atoms with Gasteiger partial charge in [-0.2, -0.15) is 0 Å². The summed E-state index contributed by atoms with van der Waals surface area (Å²) in [5.74, 6) is 0.0854. The molecule has 1 heterocycles. The fourth-order valence-corrected chi connectivity index (χ4v) is 1.73. The minimum atomic E-state index is -1.03. The standard InChI is InChI=1S/C14H21NO3/c1-3-5-6-11(4-2)10-18-12-7-8-15-13(9-12)14(16)17/h7-9,11H,3-6,10H2,1-2H3,(H,16,17). The Morgan fingerprint density at radius 3 is 2.89 bits per heavy atom. The summed E-state index contributed by atoms with van der Waals surface area (Å²) in [5, 5.41) is 8.83. The molecule has 0 saturated heterocycles. The van der Waals surface area contributed by atoms with E-state index in [0.717, 1.165) is 12.8 Å². The fourth-order valence-electron chi connectivity index (χ4n) is 1.73. The number of ether oxygens (including phenoxy) is 1. The summed E-state index contributed by atoms with van der Waals surface area (Å²) in [6, 6.07) is 3.16. The molecule has 0 fully saturated rings. The molecular weight excluding hydrogens is 230 g/mol. The maximum atomic E-state index is 10.8. The van der Waals surface area contributed by atoms with E-state index in [0.29, 0.717) is 18.3 Å². The highest BCUT2D eigenvalue weighted by atomic mass is 16.5. The van der Waals surface area contributed by atoms with Gasteiger partial charge in [-0.1, -0.05) is 33.1 Å². The van der Waals surface area contributed by atoms with E-state index in [9.17, 15) is 4.79 Å². The summed E-state index contributed by atoms with van der Waals surface area (Å²) in [4.78, 5) is 14.5. The molecule has 1 aromatic heterocycles. The van der Waals surface area contributed by atoms with Gasteiger partial charge in [-0.3, -0.25) is 0 Å². The van der Waals surface area contributed by atoms with Crippen LogP contribution in [-0.2, 0) is 0 Å². The molecule has 100 valence electrons. The minimum absolute atomic E-state index is 0.0223. The Morgan fingerprint density at radius 2 is 2.28 bits per heavy atom. The van der Waals surface area contributed by atoms with Crippen LogP contribution in [0.25, 0.3) is 0 Å². The second-order valence-corrected chi connectivity index (χ2v) is 4.41. The number of hydrogen-bond acceptors (Lipinski definition) is 3. The molecule has 0 radical (unpaired) electrons. The summed E-state index contributed by atoms with van der Waals surface area (Å²) in [6.45, 7) is 4.97. The zero-order chi connectivity index (χ0) is 13.4. The third-order valence-electron chi connectivity index (χ3n) is 2.98. The second-order valence-electron chi connectivity index (χ2n) is 4.41. The summed E-state index contributed by atoms with van der Waals surface area (Å²) < 4.78 is 5.64. The van der Waals surface area contributed by atoms with Gasteiger partial charge in [-0.15, -0.1) is 0 Å². The maximum Gasteiger partial charge on any atom is 0.354 e. The van der Waals surface area contributed by atoms with Crippen LogP contribution in [0.15, 0.2) is 18.3 Å². The normalized spacial score (nSPS) is 12.1. The maximum absolute atomic E-state index is 10.8. The lowest BCUT2D eigenvalue weighted by molar-refractivity contribution is 0.0689. The van der Waals surface area contributed by atoms with Gasteiger partial charge in [-0.05, 0) is 18.4 Å². The SMILES string of the molecule is CCCCC(CC)COc1ccnc(C(=O)O)c1. The van der Waals surface area contributed by atoms with Gasteiger partial charge < -0.3 is 9.84 Å². The molecule has 18 heavy (non-hydrogen) atoms. The molecule has 1 rings (SSSR count). The Bertz CT molecular complexity index is 379. The monoisotopic (exact) mass is 251 g/mol. The van der Waals surface area contributed by atoms with Gasteiger partial charge in [0.25, 0.3) is 0 Å². The smallest absolute Gasteiger partial charge is 0.354 e. The zero-order valence-corrected chi connectivity index (χ0v) is 11.1. The summed E-state index contributed by atoms with van der Waals surface area (Å²) in [6.07, 6.45) is 6.10. The van der Waals surface area contributed by atoms with Crippen LogP contribution in [0.3, 0.4) is 0 Å². The molecule has 1 N–H and O–H groups in total. The molecule has 0 bridgehead atoms. The average Bonchev–Trinajstić information content (AvgIpc) is 2.39. The molecule has 0 spiro atoms. The van der Waals surface area contributed by atoms with Crippen molar-refractivity contribution in [1.29, 1.82) is 0 Å². The van der Waals surface area contributed by atoms with Gasteiger partial charge in [0.05, 0.1) is 6.61 Å². The minimum Gasteiger partial charge on any atom is -0.493 e. The van der Waals surface area contributed by atoms with E-state index in [2.05, 4.69) is 18.8 Å². The van der Waals surface area contributed by atoms with Crippen molar-refractivity contribution in [3.05, 3.63) is 24.0 Å². The molecular formula is C14H21NO3. The molecule has 1 unspecified atom stereocenters. The topological polar surface area (TPSA) is 59.4 Å². The first-order valence-corrected chi connectivity index (χ1v) is 6.49. The predicted octanol–water partition coefficient (Wildman–Crippen LogP) is 3.38. The third kappa shape index (κ3) is 4.73. The molecule has 0 aliphatic heterocycles. The number of unbranched alkanes of at least 4 members (excludes halogenated alkanes) is 1. The van der Waals surface area contributed by atoms with Crippen molar-refractivity contribution in [3.8, 4) is 5.75 Å². The number of nitrogens with zero attached hydrogens (tertiary/aromatic N) is 1. The highest BCUT2D eigenvalue weighted by molar-refractivity contribution is 5.85. The van der Waals surface area contributed by atoms with Gasteiger partial charge in [0.1, 0.15) is 5.75 Å². The van der Waals surface area contributed by atoms with Crippen LogP contribution in [0.1, 0.15) is 50.0 Å². The lowest BCUT2D eigenvalue weighted by Gasteiger charge is -2.15. The molecule has 0 saturated carbocycles. The summed E-state index contributed by atoms with van der Waals surface area (Å²) >= 11 is 0. The molecule has 1 atom stereocenters. The van der Waals surface area contributed by atoms with Crippen LogP contribution in [0.4, 0.5) is 0 Å². The molecule has 1 aromatic rings. The van der Waals surface area contributed by atoms with Crippen LogP contribution in [-0.4, -0.2) is 22.7 Å². The van der Waals surface area contributed by atoms with Gasteiger partial charge >= 0.3 is 5.97 Å². The lowest BCUT2D eigenvalue weighted by atomic mass is 10.0. The molecule has 0 aliphatic carbocycles. The lowest BCUT2D eigenvalue weighted by Crippen LogP contribution is -2.11. The first-order valence-electron chi connectivity index (χ1n) is 6.49. The molecule has 0 amide bonds. The number of carboxylic acid groups (broad SMARTS) is 1. The highest BCUT2D eigenvalue weighted by Gasteiger charge is 2.09. The van der Waals surface area contributed by atoms with E-state index in [1.807, 2.05) is 0 Å². The first-order chi connectivity index (χ1) is 8.67. The zero-order valence-electron chi connectivity index (χ0n) is 11.1. The molecule has 4 heteroatoms. The van der Waals surface area contributed by atoms with Gasteiger partial charge in [0.2, 0.25) is 0 Å². The Kier molecular flexibility index (Phi) is 6.19. The van der Waals surface area contributed by atoms with Crippen molar-refractivity contribution in [2.75, 3.05) is 6.61 Å². The molecule has 0 aromatic carbocycles. The summed E-state index contributed by atoms with van der Waals surface area (Å²) in [5.41, 5.74) is 0.0223.